The van der Waals surface area contributed by atoms with Crippen LogP contribution in [0.4, 0.5) is 0 Å². The van der Waals surface area contributed by atoms with Crippen molar-refractivity contribution in [1.29, 1.82) is 0 Å². The van der Waals surface area contributed by atoms with Gasteiger partial charge in [0.25, 0.3) is 10.2 Å². The molecule has 3 N–H and O–H groups in total. The Morgan fingerprint density at radius 3 is 2.65 bits per heavy atom. The highest BCUT2D eigenvalue weighted by Crippen LogP contribution is 2.32. The molecule has 0 aromatic rings. The summed E-state index contributed by atoms with van der Waals surface area (Å²) < 4.78 is 28.9. The Kier molecular flexibility index (Phi) is 3.77. The van der Waals surface area contributed by atoms with Gasteiger partial charge in [0.05, 0.1) is 0 Å². The zero-order valence-electron chi connectivity index (χ0n) is 10.5. The minimum atomic E-state index is -3.32. The van der Waals surface area contributed by atoms with Crippen molar-refractivity contribution in [3.8, 4) is 0 Å². The molecule has 1 heterocycles. The van der Waals surface area contributed by atoms with Gasteiger partial charge in [-0.15, -0.1) is 0 Å². The van der Waals surface area contributed by atoms with E-state index in [0.717, 1.165) is 32.1 Å². The number of nitrogens with two attached hydrogens (primary N) is 1. The van der Waals surface area contributed by atoms with Crippen molar-refractivity contribution in [2.45, 2.75) is 44.6 Å². The minimum absolute atomic E-state index is 0.214. The van der Waals surface area contributed by atoms with E-state index in [2.05, 4.69) is 4.72 Å². The first-order chi connectivity index (χ1) is 7.95. The molecule has 0 aromatic carbocycles. The molecule has 6 heteroatoms. The normalized spacial score (nSPS) is 29.9. The summed E-state index contributed by atoms with van der Waals surface area (Å²) in [5, 5.41) is 0. The quantitative estimate of drug-likeness (QED) is 0.771. The summed E-state index contributed by atoms with van der Waals surface area (Å²) in [6.07, 6.45) is 4.96. The van der Waals surface area contributed by atoms with Gasteiger partial charge >= 0.3 is 0 Å². The van der Waals surface area contributed by atoms with Gasteiger partial charge in [-0.25, -0.2) is 0 Å². The van der Waals surface area contributed by atoms with Crippen molar-refractivity contribution in [1.82, 2.24) is 9.03 Å². The van der Waals surface area contributed by atoms with Crippen molar-refractivity contribution in [3.63, 3.8) is 0 Å². The molecule has 5 nitrogen and oxygen atoms in total. The number of rotatable bonds is 4. The Morgan fingerprint density at radius 2 is 2.12 bits per heavy atom. The Bertz CT molecular complexity index is 365. The van der Waals surface area contributed by atoms with Crippen LogP contribution in [0.15, 0.2) is 0 Å². The SMILES string of the molecule is CC1(NS(=O)(=O)N2CCCC(CN)C2)CCC1. The van der Waals surface area contributed by atoms with Crippen LogP contribution in [0.5, 0.6) is 0 Å². The lowest BCUT2D eigenvalue weighted by Crippen LogP contribution is -2.57. The average molecular weight is 261 g/mol. The van der Waals surface area contributed by atoms with E-state index in [0.29, 0.717) is 25.6 Å². The zero-order chi connectivity index (χ0) is 12.5. The molecule has 2 rings (SSSR count). The molecule has 17 heavy (non-hydrogen) atoms. The molecule has 0 aromatic heterocycles. The van der Waals surface area contributed by atoms with Gasteiger partial charge < -0.3 is 5.73 Å². The second kappa shape index (κ2) is 4.84. The predicted molar refractivity (Wildman–Crippen MR) is 67.7 cm³/mol. The third-order valence-electron chi connectivity index (χ3n) is 3.99. The van der Waals surface area contributed by atoms with E-state index in [1.54, 1.807) is 4.31 Å². The predicted octanol–water partition coefficient (Wildman–Crippen LogP) is 0.434. The summed E-state index contributed by atoms with van der Waals surface area (Å²) in [5.41, 5.74) is 5.42. The molecule has 1 aliphatic heterocycles. The van der Waals surface area contributed by atoms with Crippen LogP contribution in [0.1, 0.15) is 39.0 Å². The second-order valence-corrected chi connectivity index (χ2v) is 7.29. The Labute approximate surface area is 104 Å². The van der Waals surface area contributed by atoms with Crippen molar-refractivity contribution in [2.24, 2.45) is 11.7 Å². The number of nitrogens with zero attached hydrogens (tertiary/aromatic N) is 1. The lowest BCUT2D eigenvalue weighted by atomic mass is 9.80. The largest absolute Gasteiger partial charge is 0.330 e. The Balaban J connectivity index is 1.99. The van der Waals surface area contributed by atoms with Gasteiger partial charge in [-0.2, -0.15) is 17.4 Å². The topological polar surface area (TPSA) is 75.4 Å². The fourth-order valence-electron chi connectivity index (χ4n) is 2.62. The average Bonchev–Trinajstić information content (AvgIpc) is 2.26. The maximum absolute atomic E-state index is 12.2. The van der Waals surface area contributed by atoms with E-state index in [-0.39, 0.29) is 5.54 Å². The molecule has 1 aliphatic carbocycles. The van der Waals surface area contributed by atoms with Crippen molar-refractivity contribution < 1.29 is 8.42 Å². The Morgan fingerprint density at radius 1 is 1.41 bits per heavy atom. The summed E-state index contributed by atoms with van der Waals surface area (Å²) >= 11 is 0. The summed E-state index contributed by atoms with van der Waals surface area (Å²) in [4.78, 5) is 0. The fraction of sp³-hybridized carbons (Fsp3) is 1.00. The van der Waals surface area contributed by atoms with Gasteiger partial charge in [-0.1, -0.05) is 0 Å². The lowest BCUT2D eigenvalue weighted by molar-refractivity contribution is 0.226. The van der Waals surface area contributed by atoms with Gasteiger partial charge in [0.15, 0.2) is 0 Å². The lowest BCUT2D eigenvalue weighted by Gasteiger charge is -2.41. The summed E-state index contributed by atoms with van der Waals surface area (Å²) in [6.45, 7) is 3.76. The minimum Gasteiger partial charge on any atom is -0.330 e. The maximum atomic E-state index is 12.2. The third kappa shape index (κ3) is 2.99. The third-order valence-corrected chi connectivity index (χ3v) is 5.75. The van der Waals surface area contributed by atoms with E-state index in [4.69, 9.17) is 5.73 Å². The molecule has 1 saturated heterocycles. The standard InChI is InChI=1S/C11H23N3O2S/c1-11(5-3-6-11)13-17(15,16)14-7-2-4-10(8-12)9-14/h10,13H,2-9,12H2,1H3. The van der Waals surface area contributed by atoms with Gasteiger partial charge in [0, 0.05) is 18.6 Å². The van der Waals surface area contributed by atoms with Crippen LogP contribution in [0.25, 0.3) is 0 Å². The summed E-state index contributed by atoms with van der Waals surface area (Å²) in [5.74, 6) is 0.314. The molecule has 1 saturated carbocycles. The molecule has 2 fully saturated rings. The highest BCUT2D eigenvalue weighted by Gasteiger charge is 2.38. The second-order valence-electron chi connectivity index (χ2n) is 5.62. The molecule has 0 radical (unpaired) electrons. The van der Waals surface area contributed by atoms with Crippen LogP contribution in [0.2, 0.25) is 0 Å². The number of nitrogens with one attached hydrogen (secondary N) is 1. The van der Waals surface area contributed by atoms with Gasteiger partial charge in [0.1, 0.15) is 0 Å². The van der Waals surface area contributed by atoms with Crippen molar-refractivity contribution >= 4 is 10.2 Å². The highest BCUT2D eigenvalue weighted by molar-refractivity contribution is 7.87. The van der Waals surface area contributed by atoms with E-state index >= 15 is 0 Å². The van der Waals surface area contributed by atoms with E-state index in [1.807, 2.05) is 6.92 Å². The Hall–Kier alpha value is -0.170. The molecular weight excluding hydrogens is 238 g/mol. The monoisotopic (exact) mass is 261 g/mol. The van der Waals surface area contributed by atoms with Crippen LogP contribution >= 0.6 is 0 Å². The van der Waals surface area contributed by atoms with E-state index in [9.17, 15) is 8.42 Å². The van der Waals surface area contributed by atoms with Gasteiger partial charge in [-0.05, 0) is 51.5 Å². The molecule has 1 unspecified atom stereocenters. The smallest absolute Gasteiger partial charge is 0.279 e. The van der Waals surface area contributed by atoms with E-state index < -0.39 is 10.2 Å². The molecular formula is C11H23N3O2S. The van der Waals surface area contributed by atoms with Gasteiger partial charge in [-0.3, -0.25) is 0 Å². The fourth-order valence-corrected chi connectivity index (χ4v) is 4.36. The number of hydrogen-bond donors (Lipinski definition) is 2. The first-order valence-corrected chi connectivity index (χ1v) is 7.88. The van der Waals surface area contributed by atoms with Crippen molar-refractivity contribution in [2.75, 3.05) is 19.6 Å². The summed E-state index contributed by atoms with van der Waals surface area (Å²) in [7, 11) is -3.32. The molecule has 2 aliphatic rings. The molecule has 0 spiro atoms. The molecule has 0 bridgehead atoms. The van der Waals surface area contributed by atoms with E-state index in [1.165, 1.54) is 0 Å². The van der Waals surface area contributed by atoms with Crippen LogP contribution in [-0.2, 0) is 10.2 Å². The van der Waals surface area contributed by atoms with Gasteiger partial charge in [0.2, 0.25) is 0 Å². The highest BCUT2D eigenvalue weighted by atomic mass is 32.2. The van der Waals surface area contributed by atoms with Crippen molar-refractivity contribution in [3.05, 3.63) is 0 Å². The number of piperidine rings is 1. The van der Waals surface area contributed by atoms with Crippen LogP contribution in [0.3, 0.4) is 0 Å². The maximum Gasteiger partial charge on any atom is 0.279 e. The van der Waals surface area contributed by atoms with Crippen LogP contribution < -0.4 is 10.5 Å². The molecule has 0 amide bonds. The molecule has 1 atom stereocenters. The number of hydrogen-bond acceptors (Lipinski definition) is 3. The first kappa shape index (κ1) is 13.3. The van der Waals surface area contributed by atoms with Crippen LogP contribution in [-0.4, -0.2) is 37.9 Å². The summed E-state index contributed by atoms with van der Waals surface area (Å²) in [6, 6.07) is 0. The first-order valence-electron chi connectivity index (χ1n) is 6.44. The molecule has 100 valence electrons. The van der Waals surface area contributed by atoms with Crippen LogP contribution in [0, 0.1) is 5.92 Å². The zero-order valence-corrected chi connectivity index (χ0v) is 11.3.